The largest absolute Gasteiger partial charge is 0.483 e. The topological polar surface area (TPSA) is 152 Å². The zero-order valence-corrected chi connectivity index (χ0v) is 19.8. The van der Waals surface area contributed by atoms with Crippen molar-refractivity contribution in [1.82, 2.24) is 25.4 Å². The smallest absolute Gasteiger partial charge is 0.290 e. The highest BCUT2D eigenvalue weighted by molar-refractivity contribution is 5.84. The minimum Gasteiger partial charge on any atom is -0.483 e. The van der Waals surface area contributed by atoms with Gasteiger partial charge in [0, 0.05) is 56.6 Å². The molecule has 0 aromatic carbocycles. The van der Waals surface area contributed by atoms with E-state index in [2.05, 4.69) is 36.4 Å². The monoisotopic (exact) mass is 486 g/mol. The molecule has 3 aliphatic rings. The molecule has 5 rings (SSSR count). The molecule has 2 aromatic rings. The summed E-state index contributed by atoms with van der Waals surface area (Å²) in [6, 6.07) is 6.04. The summed E-state index contributed by atoms with van der Waals surface area (Å²) >= 11 is 0. The van der Waals surface area contributed by atoms with Crippen LogP contribution in [0.1, 0.15) is 31.2 Å². The van der Waals surface area contributed by atoms with E-state index in [-0.39, 0.29) is 24.3 Å². The Kier molecular flexibility index (Phi) is 9.59. The first-order valence-electron chi connectivity index (χ1n) is 11.9. The van der Waals surface area contributed by atoms with Gasteiger partial charge in [0.05, 0.1) is 11.6 Å². The highest BCUT2D eigenvalue weighted by Gasteiger charge is 2.53. The van der Waals surface area contributed by atoms with Crippen molar-refractivity contribution in [2.24, 2.45) is 17.3 Å². The van der Waals surface area contributed by atoms with E-state index < -0.39 is 0 Å². The van der Waals surface area contributed by atoms with E-state index >= 15 is 0 Å². The number of likely N-dealkylation sites (tertiary alicyclic amines) is 1. The zero-order chi connectivity index (χ0) is 25.1. The van der Waals surface area contributed by atoms with Crippen LogP contribution in [-0.2, 0) is 20.9 Å². The Morgan fingerprint density at radius 1 is 1.23 bits per heavy atom. The van der Waals surface area contributed by atoms with Crippen LogP contribution in [0.15, 0.2) is 36.8 Å². The van der Waals surface area contributed by atoms with Gasteiger partial charge in [-0.2, -0.15) is 5.10 Å². The van der Waals surface area contributed by atoms with Gasteiger partial charge in [-0.25, -0.2) is 4.98 Å². The number of carbonyl (C=O) groups is 3. The van der Waals surface area contributed by atoms with Crippen molar-refractivity contribution < 1.29 is 24.6 Å². The van der Waals surface area contributed by atoms with E-state index in [4.69, 9.17) is 19.8 Å². The Morgan fingerprint density at radius 2 is 2.00 bits per heavy atom. The van der Waals surface area contributed by atoms with E-state index in [0.717, 1.165) is 57.9 Å². The number of nitrogens with zero attached hydrogens (tertiary/aromatic N) is 4. The van der Waals surface area contributed by atoms with Crippen LogP contribution < -0.4 is 10.2 Å². The van der Waals surface area contributed by atoms with Crippen molar-refractivity contribution in [3.63, 3.8) is 0 Å². The SMILES string of the molecule is O=C(NCC1CC1)[C@@]12CCCN(Cc3cn[nH]c3)C[C@H]1CN(c1ccccn1)C2.O=CO.O=CO. The van der Waals surface area contributed by atoms with Gasteiger partial charge in [-0.3, -0.25) is 24.4 Å². The highest BCUT2D eigenvalue weighted by Crippen LogP contribution is 2.44. The molecular formula is C24H34N6O5. The minimum atomic E-state index is -0.322. The van der Waals surface area contributed by atoms with Crippen LogP contribution in [0, 0.1) is 17.3 Å². The number of fused-ring (bicyclic) bond motifs is 1. The number of carboxylic acid groups (broad SMARTS) is 2. The van der Waals surface area contributed by atoms with E-state index in [1.807, 2.05) is 30.7 Å². The number of aromatic amines is 1. The maximum absolute atomic E-state index is 13.5. The van der Waals surface area contributed by atoms with Crippen molar-refractivity contribution in [2.45, 2.75) is 32.2 Å². The van der Waals surface area contributed by atoms with Crippen LogP contribution >= 0.6 is 0 Å². The quantitative estimate of drug-likeness (QED) is 0.445. The molecular weight excluding hydrogens is 452 g/mol. The lowest BCUT2D eigenvalue weighted by atomic mass is 9.74. The summed E-state index contributed by atoms with van der Waals surface area (Å²) in [7, 11) is 0. The maximum Gasteiger partial charge on any atom is 0.290 e. The molecule has 2 aliphatic heterocycles. The number of aromatic nitrogens is 3. The van der Waals surface area contributed by atoms with Gasteiger partial charge in [0.15, 0.2) is 0 Å². The number of hydrogen-bond donors (Lipinski definition) is 4. The van der Waals surface area contributed by atoms with Gasteiger partial charge in [0.2, 0.25) is 5.91 Å². The Bertz CT molecular complexity index is 918. The number of rotatable bonds is 6. The Hall–Kier alpha value is -3.47. The molecule has 1 amide bonds. The summed E-state index contributed by atoms with van der Waals surface area (Å²) in [5.74, 6) is 2.25. The lowest BCUT2D eigenvalue weighted by Crippen LogP contribution is -2.48. The molecule has 0 spiro atoms. The number of anilines is 1. The predicted octanol–water partition coefficient (Wildman–Crippen LogP) is 1.45. The van der Waals surface area contributed by atoms with Gasteiger partial charge in [-0.05, 0) is 50.3 Å². The predicted molar refractivity (Wildman–Crippen MR) is 129 cm³/mol. The highest BCUT2D eigenvalue weighted by atomic mass is 16.3. The fraction of sp³-hybridized carbons (Fsp3) is 0.542. The van der Waals surface area contributed by atoms with E-state index in [0.29, 0.717) is 11.8 Å². The second kappa shape index (κ2) is 12.8. The number of carbonyl (C=O) groups excluding carboxylic acids is 1. The molecule has 0 bridgehead atoms. The van der Waals surface area contributed by atoms with Crippen molar-refractivity contribution in [2.75, 3.05) is 37.6 Å². The van der Waals surface area contributed by atoms with Gasteiger partial charge in [-0.15, -0.1) is 0 Å². The lowest BCUT2D eigenvalue weighted by Gasteiger charge is -2.32. The van der Waals surface area contributed by atoms with Gasteiger partial charge in [0.1, 0.15) is 5.82 Å². The molecule has 2 aromatic heterocycles. The summed E-state index contributed by atoms with van der Waals surface area (Å²) < 4.78 is 0. The fourth-order valence-electron chi connectivity index (χ4n) is 5.10. The first-order chi connectivity index (χ1) is 17.1. The molecule has 11 nitrogen and oxygen atoms in total. The maximum atomic E-state index is 13.5. The summed E-state index contributed by atoms with van der Waals surface area (Å²) in [4.78, 5) is 39.6. The third-order valence-corrected chi connectivity index (χ3v) is 6.91. The molecule has 1 saturated carbocycles. The van der Waals surface area contributed by atoms with Crippen molar-refractivity contribution in [1.29, 1.82) is 0 Å². The first-order valence-corrected chi connectivity index (χ1v) is 11.9. The lowest BCUT2D eigenvalue weighted by molar-refractivity contribution is -0.132. The third-order valence-electron chi connectivity index (χ3n) is 6.91. The number of H-pyrrole nitrogens is 1. The van der Waals surface area contributed by atoms with E-state index in [1.165, 1.54) is 18.4 Å². The molecule has 11 heteroatoms. The van der Waals surface area contributed by atoms with Crippen LogP contribution in [0.25, 0.3) is 0 Å². The average molecular weight is 487 g/mol. The van der Waals surface area contributed by atoms with Crippen LogP contribution in [0.2, 0.25) is 0 Å². The van der Waals surface area contributed by atoms with Crippen molar-refractivity contribution in [3.8, 4) is 0 Å². The molecule has 190 valence electrons. The van der Waals surface area contributed by atoms with E-state index in [9.17, 15) is 4.79 Å². The molecule has 3 fully saturated rings. The van der Waals surface area contributed by atoms with Crippen molar-refractivity contribution in [3.05, 3.63) is 42.4 Å². The Morgan fingerprint density at radius 3 is 2.63 bits per heavy atom. The Labute approximate surface area is 204 Å². The second-order valence-corrected chi connectivity index (χ2v) is 9.23. The van der Waals surface area contributed by atoms with E-state index in [1.54, 1.807) is 0 Å². The van der Waals surface area contributed by atoms with Crippen LogP contribution in [0.5, 0.6) is 0 Å². The van der Waals surface area contributed by atoms with Crippen molar-refractivity contribution >= 4 is 24.7 Å². The van der Waals surface area contributed by atoms with Crippen LogP contribution in [0.4, 0.5) is 5.82 Å². The molecule has 2 saturated heterocycles. The number of hydrogen-bond acceptors (Lipinski definition) is 7. The first kappa shape index (κ1) is 26.1. The van der Waals surface area contributed by atoms with Crippen LogP contribution in [-0.4, -0.2) is 81.9 Å². The molecule has 0 unspecified atom stereocenters. The van der Waals surface area contributed by atoms with Crippen LogP contribution in [0.3, 0.4) is 0 Å². The molecule has 35 heavy (non-hydrogen) atoms. The normalized spacial score (nSPS) is 23.4. The number of nitrogens with one attached hydrogen (secondary N) is 2. The summed E-state index contributed by atoms with van der Waals surface area (Å²) in [6.07, 6.45) is 10.2. The number of pyridine rings is 1. The fourth-order valence-corrected chi connectivity index (χ4v) is 5.10. The average Bonchev–Trinajstić information content (AvgIpc) is 3.47. The standard InChI is InChI=1S/C22H30N6O.2CH2O2/c29-21(24-10-17-5-6-17)22-7-3-9-27(13-18-11-25-26-12-18)14-19(22)15-28(16-22)20-4-1-2-8-23-20;2*2-1-3/h1-2,4,8,11-12,17,19H,3,5-7,9-10,13-16H2,(H,24,29)(H,25,26);2*1H,(H,2,3)/t19-,22+;;/m0../s1. The van der Waals surface area contributed by atoms with Gasteiger partial charge in [-0.1, -0.05) is 6.07 Å². The van der Waals surface area contributed by atoms with Gasteiger partial charge >= 0.3 is 0 Å². The third kappa shape index (κ3) is 7.01. The molecule has 1 aliphatic carbocycles. The second-order valence-electron chi connectivity index (χ2n) is 9.23. The zero-order valence-electron chi connectivity index (χ0n) is 19.8. The van der Waals surface area contributed by atoms with Gasteiger partial charge in [0.25, 0.3) is 12.9 Å². The number of amides is 1. The molecule has 2 atom stereocenters. The Balaban J connectivity index is 0.000000520. The summed E-state index contributed by atoms with van der Waals surface area (Å²) in [6.45, 7) is 4.85. The molecule has 4 N–H and O–H groups in total. The summed E-state index contributed by atoms with van der Waals surface area (Å²) in [5.41, 5.74) is 0.882. The van der Waals surface area contributed by atoms with Gasteiger partial charge < -0.3 is 20.4 Å². The minimum absolute atomic E-state index is 0.250. The summed E-state index contributed by atoms with van der Waals surface area (Å²) in [5, 5.41) is 24.1. The molecule has 4 heterocycles. The molecule has 0 radical (unpaired) electrons.